The molecule has 4 fully saturated rings. The van der Waals surface area contributed by atoms with E-state index in [0.717, 1.165) is 32.2 Å². The number of fused-ring (bicyclic) bond motifs is 7. The Morgan fingerprint density at radius 1 is 1.20 bits per heavy atom. The number of hydrogen-bond donors (Lipinski definition) is 2. The molecular formula is C34H34F2N6O4. The van der Waals surface area contributed by atoms with Gasteiger partial charge >= 0.3 is 6.01 Å². The highest BCUT2D eigenvalue weighted by molar-refractivity contribution is 6.13. The van der Waals surface area contributed by atoms with Crippen molar-refractivity contribution in [2.75, 3.05) is 37.7 Å². The number of nitrogens with zero attached hydrogens (tertiary/aromatic N) is 5. The number of ketones is 1. The SMILES string of the molecule is CC(=O)c1cccc2cc(O)cc(-c3nc4c5c(nc(OC[C@@]67CCCN6C[C@H](F)C7)nc5c3F)N3C[C@H]5CC[C@H](N5)[C@H]3CO4)c12. The van der Waals surface area contributed by atoms with E-state index < -0.39 is 17.5 Å². The zero-order chi connectivity index (χ0) is 31.3. The van der Waals surface area contributed by atoms with Gasteiger partial charge in [0, 0.05) is 48.1 Å². The predicted octanol–water partition coefficient (Wildman–Crippen LogP) is 4.55. The van der Waals surface area contributed by atoms with E-state index in [4.69, 9.17) is 19.4 Å². The monoisotopic (exact) mass is 628 g/mol. The Bertz CT molecular complexity index is 1940. The van der Waals surface area contributed by atoms with Gasteiger partial charge in [0.1, 0.15) is 47.5 Å². The molecule has 0 amide bonds. The largest absolute Gasteiger partial charge is 0.508 e. The van der Waals surface area contributed by atoms with Crippen LogP contribution in [0.15, 0.2) is 30.3 Å². The number of carbonyl (C=O) groups is 1. The summed E-state index contributed by atoms with van der Waals surface area (Å²) in [6.07, 6.45) is 3.28. The number of Topliss-reactive ketones (excluding diaryl/α,β-unsaturated/α-hetero) is 1. The maximum Gasteiger partial charge on any atom is 0.319 e. The third-order valence-electron chi connectivity index (χ3n) is 10.8. The van der Waals surface area contributed by atoms with Crippen LogP contribution in [0.1, 0.15) is 49.4 Å². The number of pyridine rings is 1. The molecule has 7 heterocycles. The first-order chi connectivity index (χ1) is 22.3. The van der Waals surface area contributed by atoms with E-state index in [1.54, 1.807) is 24.3 Å². The molecule has 46 heavy (non-hydrogen) atoms. The van der Waals surface area contributed by atoms with Crippen molar-refractivity contribution in [3.63, 3.8) is 0 Å². The van der Waals surface area contributed by atoms with E-state index >= 15 is 4.39 Å². The summed E-state index contributed by atoms with van der Waals surface area (Å²) in [5.41, 5.74) is 0.103. The molecule has 9 rings (SSSR count). The first-order valence-corrected chi connectivity index (χ1v) is 16.1. The Balaban J connectivity index is 1.24. The quantitative estimate of drug-likeness (QED) is 0.306. The van der Waals surface area contributed by atoms with Crippen molar-refractivity contribution in [3.05, 3.63) is 41.7 Å². The molecule has 5 aliphatic heterocycles. The molecule has 0 spiro atoms. The molecule has 0 unspecified atom stereocenters. The van der Waals surface area contributed by atoms with Gasteiger partial charge in [-0.2, -0.15) is 9.97 Å². The van der Waals surface area contributed by atoms with Crippen molar-refractivity contribution in [1.29, 1.82) is 0 Å². The lowest BCUT2D eigenvalue weighted by molar-refractivity contribution is 0.101. The summed E-state index contributed by atoms with van der Waals surface area (Å²) < 4.78 is 44.3. The Morgan fingerprint density at radius 3 is 2.96 bits per heavy atom. The molecule has 4 saturated heterocycles. The summed E-state index contributed by atoms with van der Waals surface area (Å²) in [4.78, 5) is 31.3. The number of rotatable bonds is 5. The number of hydrogen-bond acceptors (Lipinski definition) is 10. The summed E-state index contributed by atoms with van der Waals surface area (Å²) in [5.74, 6) is -0.328. The highest BCUT2D eigenvalue weighted by Gasteiger charge is 2.50. The van der Waals surface area contributed by atoms with Gasteiger partial charge in [-0.1, -0.05) is 18.2 Å². The van der Waals surface area contributed by atoms with Gasteiger partial charge in [-0.15, -0.1) is 0 Å². The summed E-state index contributed by atoms with van der Waals surface area (Å²) >= 11 is 0. The first-order valence-electron chi connectivity index (χ1n) is 16.1. The number of ether oxygens (including phenoxy) is 2. The van der Waals surface area contributed by atoms with E-state index in [0.29, 0.717) is 53.7 Å². The molecule has 4 aromatic rings. The summed E-state index contributed by atoms with van der Waals surface area (Å²) in [6, 6.07) is 8.52. The molecule has 0 saturated carbocycles. The van der Waals surface area contributed by atoms with E-state index in [1.165, 1.54) is 13.0 Å². The molecule has 2 bridgehead atoms. The number of benzene rings is 2. The first kappa shape index (κ1) is 28.1. The number of aromatic hydroxyl groups is 1. The van der Waals surface area contributed by atoms with Gasteiger partial charge in [0.05, 0.1) is 11.6 Å². The second-order valence-corrected chi connectivity index (χ2v) is 13.5. The van der Waals surface area contributed by atoms with Crippen molar-refractivity contribution in [3.8, 4) is 28.9 Å². The van der Waals surface area contributed by atoms with Crippen LogP contribution in [0.25, 0.3) is 32.9 Å². The molecule has 0 aliphatic carbocycles. The van der Waals surface area contributed by atoms with Crippen LogP contribution in [-0.2, 0) is 0 Å². The van der Waals surface area contributed by atoms with Gasteiger partial charge in [-0.3, -0.25) is 9.69 Å². The number of carbonyl (C=O) groups excluding carboxylic acids is 1. The molecule has 2 N–H and O–H groups in total. The molecule has 5 atom stereocenters. The van der Waals surface area contributed by atoms with Crippen LogP contribution in [-0.4, -0.2) is 93.4 Å². The molecule has 5 aliphatic rings. The standard InChI is InChI=1S/C34H34F2N6O4/c1-17(43)22-5-2-4-18-10-21(44)11-23(26(18)22)29-28(36)30-27-31(42-14-20-6-7-24(37-20)25(42)15-45-32(27)38-29)40-33(39-30)46-16-34-8-3-9-41(34)13-19(35)12-34/h2,4-5,10-11,19-20,24-25,37,44H,3,6-9,12-16H2,1H3/t19-,20-,24+,25-,34+/m1/s1. The smallest absolute Gasteiger partial charge is 0.319 e. The third kappa shape index (κ3) is 4.18. The average Bonchev–Trinajstić information content (AvgIpc) is 3.67. The Hall–Kier alpha value is -4.16. The van der Waals surface area contributed by atoms with E-state index in [2.05, 4.69) is 20.1 Å². The Morgan fingerprint density at radius 2 is 2.09 bits per heavy atom. The van der Waals surface area contributed by atoms with E-state index in [1.807, 2.05) is 0 Å². The molecule has 12 heteroatoms. The maximum absolute atomic E-state index is 17.1. The third-order valence-corrected chi connectivity index (χ3v) is 10.8. The number of alkyl halides is 1. The second kappa shape index (κ2) is 10.2. The van der Waals surface area contributed by atoms with Crippen molar-refractivity contribution >= 4 is 33.3 Å². The average molecular weight is 629 g/mol. The minimum atomic E-state index is -0.911. The van der Waals surface area contributed by atoms with Gasteiger partial charge in [0.15, 0.2) is 11.6 Å². The zero-order valence-electron chi connectivity index (χ0n) is 25.4. The van der Waals surface area contributed by atoms with Gasteiger partial charge in [0.25, 0.3) is 0 Å². The number of phenols is 1. The van der Waals surface area contributed by atoms with Crippen molar-refractivity contribution in [2.24, 2.45) is 0 Å². The van der Waals surface area contributed by atoms with Gasteiger partial charge in [-0.05, 0) is 56.7 Å². The van der Waals surface area contributed by atoms with Gasteiger partial charge in [-0.25, -0.2) is 13.8 Å². The van der Waals surface area contributed by atoms with E-state index in [-0.39, 0.29) is 64.9 Å². The fourth-order valence-electron chi connectivity index (χ4n) is 8.70. The second-order valence-electron chi connectivity index (χ2n) is 13.5. The molecule has 10 nitrogen and oxygen atoms in total. The fourth-order valence-corrected chi connectivity index (χ4v) is 8.70. The maximum atomic E-state index is 17.1. The Labute approximate surface area is 263 Å². The van der Waals surface area contributed by atoms with Crippen LogP contribution < -0.4 is 19.7 Å². The van der Waals surface area contributed by atoms with Gasteiger partial charge in [0.2, 0.25) is 5.88 Å². The highest BCUT2D eigenvalue weighted by atomic mass is 19.1. The lowest BCUT2D eigenvalue weighted by Gasteiger charge is -2.40. The summed E-state index contributed by atoms with van der Waals surface area (Å²) in [6.45, 7) is 3.84. The van der Waals surface area contributed by atoms with Gasteiger partial charge < -0.3 is 24.8 Å². The minimum Gasteiger partial charge on any atom is -0.508 e. The molecule has 2 aromatic carbocycles. The topological polar surface area (TPSA) is 113 Å². The number of halogens is 2. The number of nitrogens with one attached hydrogen (secondary N) is 1. The van der Waals surface area contributed by atoms with Crippen LogP contribution in [0.5, 0.6) is 17.6 Å². The highest BCUT2D eigenvalue weighted by Crippen LogP contribution is 2.45. The summed E-state index contributed by atoms with van der Waals surface area (Å²) in [7, 11) is 0. The molecular weight excluding hydrogens is 594 g/mol. The van der Waals surface area contributed by atoms with Crippen LogP contribution in [0.2, 0.25) is 0 Å². The van der Waals surface area contributed by atoms with Crippen LogP contribution in [0.3, 0.4) is 0 Å². The number of phenolic OH excluding ortho intramolecular Hbond substituents is 1. The lowest BCUT2D eigenvalue weighted by atomic mass is 9.94. The summed E-state index contributed by atoms with van der Waals surface area (Å²) in [5, 5.41) is 15.8. The fraction of sp³-hybridized carbons (Fsp3) is 0.471. The van der Waals surface area contributed by atoms with Crippen molar-refractivity contribution < 1.29 is 28.2 Å². The van der Waals surface area contributed by atoms with Crippen molar-refractivity contribution in [1.82, 2.24) is 25.2 Å². The lowest BCUT2D eigenvalue weighted by Crippen LogP contribution is -2.60. The van der Waals surface area contributed by atoms with Crippen LogP contribution in [0.4, 0.5) is 14.6 Å². The number of piperazine rings is 1. The molecule has 2 aromatic heterocycles. The molecule has 0 radical (unpaired) electrons. The normalized spacial score (nSPS) is 28.3. The number of aromatic nitrogens is 3. The Kier molecular flexibility index (Phi) is 6.21. The zero-order valence-corrected chi connectivity index (χ0v) is 25.4. The number of anilines is 1. The molecule has 238 valence electrons. The van der Waals surface area contributed by atoms with Crippen LogP contribution in [0, 0.1) is 5.82 Å². The van der Waals surface area contributed by atoms with E-state index in [9.17, 15) is 14.3 Å². The minimum absolute atomic E-state index is 0.0149. The van der Waals surface area contributed by atoms with Crippen molar-refractivity contribution in [2.45, 2.75) is 68.9 Å². The van der Waals surface area contributed by atoms with Crippen LogP contribution >= 0.6 is 0 Å². The predicted molar refractivity (Wildman–Crippen MR) is 167 cm³/mol.